The second-order valence-electron chi connectivity index (χ2n) is 9.31. The molecule has 0 radical (unpaired) electrons. The summed E-state index contributed by atoms with van der Waals surface area (Å²) in [5, 5.41) is 10.8. The molecule has 184 valence electrons. The Morgan fingerprint density at radius 1 is 1.19 bits per heavy atom. The highest BCUT2D eigenvalue weighted by Crippen LogP contribution is 2.33. The van der Waals surface area contributed by atoms with Crippen LogP contribution in [0.2, 0.25) is 0 Å². The van der Waals surface area contributed by atoms with E-state index < -0.39 is 29.5 Å². The molecule has 0 fully saturated rings. The Hall–Kier alpha value is -1.72. The molecule has 5 unspecified atom stereocenters. The lowest BCUT2D eigenvalue weighted by molar-refractivity contribution is -0.155. The highest BCUT2D eigenvalue weighted by molar-refractivity contribution is 5.88. The molecule has 0 heterocycles. The number of allylic oxidation sites excluding steroid dienone is 3. The fraction of sp³-hybridized carbons (Fsp3) is 0.704. The van der Waals surface area contributed by atoms with E-state index in [1.165, 1.54) is 7.11 Å². The third-order valence-electron chi connectivity index (χ3n) is 6.47. The van der Waals surface area contributed by atoms with Gasteiger partial charge in [-0.05, 0) is 51.5 Å². The molecule has 0 aromatic heterocycles. The Bertz CT molecular complexity index is 646. The Kier molecular flexibility index (Phi) is 14.4. The van der Waals surface area contributed by atoms with E-state index in [0.29, 0.717) is 6.42 Å². The first kappa shape index (κ1) is 30.3. The van der Waals surface area contributed by atoms with Crippen LogP contribution in [-0.4, -0.2) is 42.3 Å². The van der Waals surface area contributed by atoms with Crippen LogP contribution >= 0.6 is 0 Å². The zero-order valence-corrected chi connectivity index (χ0v) is 21.5. The number of carbonyl (C=O) groups excluding carboxylic acids is 2. The summed E-state index contributed by atoms with van der Waals surface area (Å²) >= 11 is 0. The highest BCUT2D eigenvalue weighted by atomic mass is 16.5. The van der Waals surface area contributed by atoms with Gasteiger partial charge in [-0.15, -0.1) is 6.58 Å². The molecule has 0 saturated heterocycles. The molecule has 0 rings (SSSR count). The van der Waals surface area contributed by atoms with Gasteiger partial charge in [0.05, 0.1) is 24.0 Å². The third kappa shape index (κ3) is 9.41. The Labute approximate surface area is 196 Å². The molecule has 5 atom stereocenters. The number of Topliss-reactive ketones (excluding diaryl/α,β-unsaturated/α-hetero) is 1. The lowest BCUT2D eigenvalue weighted by atomic mass is 9.73. The van der Waals surface area contributed by atoms with Crippen LogP contribution < -0.4 is 0 Å². The van der Waals surface area contributed by atoms with Crippen molar-refractivity contribution >= 4 is 11.8 Å². The van der Waals surface area contributed by atoms with Crippen molar-refractivity contribution in [2.45, 2.75) is 98.9 Å². The van der Waals surface area contributed by atoms with Crippen LogP contribution in [-0.2, 0) is 19.1 Å². The molecular formula is C27H46O5. The number of carbonyl (C=O) groups is 2. The van der Waals surface area contributed by atoms with E-state index in [0.717, 1.165) is 24.8 Å². The summed E-state index contributed by atoms with van der Waals surface area (Å²) in [6, 6.07) is 0. The first-order valence-corrected chi connectivity index (χ1v) is 11.8. The molecule has 0 aliphatic carbocycles. The molecule has 0 spiro atoms. The van der Waals surface area contributed by atoms with Gasteiger partial charge in [-0.1, -0.05) is 52.0 Å². The number of hydrogen-bond donors (Lipinski definition) is 1. The number of aliphatic hydroxyl groups is 1. The van der Waals surface area contributed by atoms with Crippen molar-refractivity contribution in [3.8, 4) is 0 Å². The second kappa shape index (κ2) is 15.2. The zero-order valence-electron chi connectivity index (χ0n) is 21.5. The van der Waals surface area contributed by atoms with Gasteiger partial charge in [0.2, 0.25) is 0 Å². The predicted molar refractivity (Wildman–Crippen MR) is 131 cm³/mol. The van der Waals surface area contributed by atoms with Crippen LogP contribution in [0.1, 0.15) is 80.6 Å². The van der Waals surface area contributed by atoms with Gasteiger partial charge in [0.25, 0.3) is 0 Å². The van der Waals surface area contributed by atoms with Crippen LogP contribution in [0.25, 0.3) is 0 Å². The van der Waals surface area contributed by atoms with E-state index in [9.17, 15) is 14.7 Å². The predicted octanol–water partition coefficient (Wildman–Crippen LogP) is 5.82. The van der Waals surface area contributed by atoms with E-state index in [4.69, 9.17) is 9.47 Å². The van der Waals surface area contributed by atoms with Gasteiger partial charge in [0.15, 0.2) is 0 Å². The van der Waals surface area contributed by atoms with Crippen LogP contribution in [0, 0.1) is 17.3 Å². The summed E-state index contributed by atoms with van der Waals surface area (Å²) in [5.74, 6) is -1.09. The van der Waals surface area contributed by atoms with E-state index in [-0.39, 0.29) is 24.2 Å². The number of unbranched alkanes of at least 4 members (excludes halogenated alkanes) is 1. The third-order valence-corrected chi connectivity index (χ3v) is 6.47. The van der Waals surface area contributed by atoms with Crippen molar-refractivity contribution in [2.24, 2.45) is 17.3 Å². The average Bonchev–Trinajstić information content (AvgIpc) is 2.77. The minimum atomic E-state index is -0.956. The molecular weight excluding hydrogens is 404 g/mol. The van der Waals surface area contributed by atoms with Gasteiger partial charge >= 0.3 is 5.97 Å². The molecule has 0 aliphatic rings. The molecule has 0 aliphatic heterocycles. The maximum absolute atomic E-state index is 13.3. The summed E-state index contributed by atoms with van der Waals surface area (Å²) in [7, 11) is 1.50. The van der Waals surface area contributed by atoms with E-state index in [2.05, 4.69) is 12.7 Å². The van der Waals surface area contributed by atoms with E-state index >= 15 is 0 Å². The molecule has 32 heavy (non-hydrogen) atoms. The monoisotopic (exact) mass is 450 g/mol. The van der Waals surface area contributed by atoms with Crippen molar-refractivity contribution in [2.75, 3.05) is 7.11 Å². The molecule has 5 heteroatoms. The van der Waals surface area contributed by atoms with Gasteiger partial charge in [-0.2, -0.15) is 0 Å². The average molecular weight is 451 g/mol. The Morgan fingerprint density at radius 3 is 2.31 bits per heavy atom. The van der Waals surface area contributed by atoms with Gasteiger partial charge in [-0.3, -0.25) is 9.59 Å². The molecule has 5 nitrogen and oxygen atoms in total. The normalized spacial score (nSPS) is 17.5. The molecule has 0 bridgehead atoms. The van der Waals surface area contributed by atoms with Crippen molar-refractivity contribution in [1.29, 1.82) is 0 Å². The summed E-state index contributed by atoms with van der Waals surface area (Å²) in [4.78, 5) is 26.0. The van der Waals surface area contributed by atoms with Crippen LogP contribution in [0.5, 0.6) is 0 Å². The summed E-state index contributed by atoms with van der Waals surface area (Å²) in [5.41, 5.74) is -0.00899. The molecule has 0 aromatic carbocycles. The summed E-state index contributed by atoms with van der Waals surface area (Å²) in [6.45, 7) is 16.8. The fourth-order valence-corrected chi connectivity index (χ4v) is 3.94. The first-order valence-electron chi connectivity index (χ1n) is 11.8. The number of esters is 1. The largest absolute Gasteiger partial charge is 0.457 e. The quantitative estimate of drug-likeness (QED) is 0.182. The number of hydrogen-bond acceptors (Lipinski definition) is 5. The lowest BCUT2D eigenvalue weighted by Crippen LogP contribution is -2.46. The summed E-state index contributed by atoms with van der Waals surface area (Å²) in [6.07, 6.45) is 9.25. The number of ketones is 1. The molecule has 0 saturated carbocycles. The van der Waals surface area contributed by atoms with Crippen molar-refractivity contribution in [1.82, 2.24) is 0 Å². The number of methoxy groups -OCH3 is 1. The van der Waals surface area contributed by atoms with Crippen molar-refractivity contribution < 1.29 is 24.2 Å². The Morgan fingerprint density at radius 2 is 1.81 bits per heavy atom. The topological polar surface area (TPSA) is 72.8 Å². The first-order chi connectivity index (χ1) is 15.0. The van der Waals surface area contributed by atoms with Crippen LogP contribution in [0.3, 0.4) is 0 Å². The fourth-order valence-electron chi connectivity index (χ4n) is 3.94. The molecule has 0 amide bonds. The lowest BCUT2D eigenvalue weighted by Gasteiger charge is -2.36. The zero-order chi connectivity index (χ0) is 24.9. The van der Waals surface area contributed by atoms with E-state index in [1.807, 2.05) is 39.8 Å². The maximum Gasteiger partial charge on any atom is 0.309 e. The SMILES string of the molecule is C=CCC(OC(=O)CC(OC)C(C)(C)C(=O)C(C)C(O)C(C)CCC/C=C/C)/C(C)=C/C. The number of ether oxygens (including phenoxy) is 2. The maximum atomic E-state index is 13.3. The van der Waals surface area contributed by atoms with Gasteiger partial charge in [-0.25, -0.2) is 0 Å². The molecule has 1 N–H and O–H groups in total. The molecule has 0 aromatic rings. The van der Waals surface area contributed by atoms with Gasteiger partial charge < -0.3 is 14.6 Å². The standard InChI is InChI=1S/C27H46O5/c1-10-13-14-15-17-20(5)25(29)21(6)26(30)27(7,8)23(31-9)18-24(28)32-22(16-11-2)19(4)12-3/h10-13,20-23,25,29H,2,14-18H2,1,3-9H3/b13-10+,19-12+. The van der Waals surface area contributed by atoms with Crippen LogP contribution in [0.15, 0.2) is 36.5 Å². The van der Waals surface area contributed by atoms with Crippen molar-refractivity contribution in [3.05, 3.63) is 36.5 Å². The van der Waals surface area contributed by atoms with Gasteiger partial charge in [0.1, 0.15) is 11.9 Å². The van der Waals surface area contributed by atoms with Gasteiger partial charge in [0, 0.05) is 19.4 Å². The second-order valence-corrected chi connectivity index (χ2v) is 9.31. The summed E-state index contributed by atoms with van der Waals surface area (Å²) < 4.78 is 11.2. The minimum Gasteiger partial charge on any atom is -0.457 e. The van der Waals surface area contributed by atoms with Crippen LogP contribution in [0.4, 0.5) is 0 Å². The smallest absolute Gasteiger partial charge is 0.309 e. The van der Waals surface area contributed by atoms with Crippen molar-refractivity contribution in [3.63, 3.8) is 0 Å². The number of aliphatic hydroxyl groups excluding tert-OH is 1. The highest BCUT2D eigenvalue weighted by Gasteiger charge is 2.43. The number of rotatable bonds is 16. The minimum absolute atomic E-state index is 0.00411. The Balaban J connectivity index is 5.20. The van der Waals surface area contributed by atoms with E-state index in [1.54, 1.807) is 26.8 Å².